The van der Waals surface area contributed by atoms with Crippen LogP contribution in [0.15, 0.2) is 0 Å². The van der Waals surface area contributed by atoms with Gasteiger partial charge in [-0.25, -0.2) is 0 Å². The van der Waals surface area contributed by atoms with E-state index in [9.17, 15) is 0 Å². The monoisotopic (exact) mass is 313 g/mol. The first-order valence-electron chi connectivity index (χ1n) is 7.74. The maximum absolute atomic E-state index is 9.10. The minimum atomic E-state index is 0.212. The van der Waals surface area contributed by atoms with Gasteiger partial charge in [0.15, 0.2) is 0 Å². The fraction of sp³-hybridized carbons (Fsp3) is 0.786. The highest BCUT2D eigenvalue weighted by Crippen LogP contribution is 2.19. The minimum absolute atomic E-state index is 0.212. The third-order valence-electron chi connectivity index (χ3n) is 3.77. The highest BCUT2D eigenvalue weighted by molar-refractivity contribution is 6.28. The topological polar surface area (TPSA) is 74.2 Å². The highest BCUT2D eigenvalue weighted by Gasteiger charge is 2.17. The molecular weight excluding hydrogens is 290 g/mol. The molecular formula is C14H24ClN5O. The second-order valence-electron chi connectivity index (χ2n) is 5.47. The van der Waals surface area contributed by atoms with Crippen LogP contribution in [0.1, 0.15) is 39.0 Å². The molecule has 0 radical (unpaired) electrons. The van der Waals surface area contributed by atoms with Crippen LogP contribution in [0.25, 0.3) is 0 Å². The Balaban J connectivity index is 1.98. The van der Waals surface area contributed by atoms with Crippen LogP contribution in [0, 0.1) is 5.92 Å². The predicted molar refractivity (Wildman–Crippen MR) is 84.9 cm³/mol. The van der Waals surface area contributed by atoms with Crippen molar-refractivity contribution in [3.8, 4) is 0 Å². The van der Waals surface area contributed by atoms with Crippen LogP contribution >= 0.6 is 11.6 Å². The summed E-state index contributed by atoms with van der Waals surface area (Å²) in [7, 11) is 0. The summed E-state index contributed by atoms with van der Waals surface area (Å²) < 4.78 is 0. The number of aromatic nitrogens is 3. The minimum Gasteiger partial charge on any atom is -0.396 e. The molecule has 6 nitrogen and oxygen atoms in total. The Kier molecular flexibility index (Phi) is 6.45. The van der Waals surface area contributed by atoms with Crippen molar-refractivity contribution in [1.29, 1.82) is 0 Å². The molecule has 2 heterocycles. The van der Waals surface area contributed by atoms with Gasteiger partial charge in [-0.2, -0.15) is 15.0 Å². The van der Waals surface area contributed by atoms with E-state index in [1.54, 1.807) is 0 Å². The molecule has 0 amide bonds. The number of aliphatic hydroxyl groups excluding tert-OH is 1. The van der Waals surface area contributed by atoms with Gasteiger partial charge in [-0.3, -0.25) is 0 Å². The summed E-state index contributed by atoms with van der Waals surface area (Å²) in [5, 5.41) is 12.6. The summed E-state index contributed by atoms with van der Waals surface area (Å²) in [5.74, 6) is 1.60. The summed E-state index contributed by atoms with van der Waals surface area (Å²) in [6, 6.07) is 0. The number of rotatable bonds is 8. The van der Waals surface area contributed by atoms with E-state index in [1.165, 1.54) is 12.8 Å². The van der Waals surface area contributed by atoms with Gasteiger partial charge in [-0.1, -0.05) is 13.3 Å². The number of hydrogen-bond acceptors (Lipinski definition) is 6. The van der Waals surface area contributed by atoms with Crippen LogP contribution < -0.4 is 10.2 Å². The first-order chi connectivity index (χ1) is 10.2. The normalized spacial score (nSPS) is 16.2. The van der Waals surface area contributed by atoms with Crippen LogP contribution in [0.2, 0.25) is 5.28 Å². The number of hydrogen-bond donors (Lipinski definition) is 2. The summed E-state index contributed by atoms with van der Waals surface area (Å²) in [6.45, 7) is 5.05. The van der Waals surface area contributed by atoms with E-state index in [2.05, 4.69) is 32.1 Å². The predicted octanol–water partition coefficient (Wildman–Crippen LogP) is 2.34. The molecule has 1 unspecified atom stereocenters. The lowest BCUT2D eigenvalue weighted by Crippen LogP contribution is -2.22. The molecule has 0 bridgehead atoms. The second kappa shape index (κ2) is 8.34. The molecule has 118 valence electrons. The SMILES string of the molecule is CCCC(CCO)CNc1nc(Cl)nc(N2CCCC2)n1. The molecule has 0 aliphatic carbocycles. The molecule has 2 N–H and O–H groups in total. The van der Waals surface area contributed by atoms with E-state index in [4.69, 9.17) is 16.7 Å². The Bertz CT molecular complexity index is 433. The van der Waals surface area contributed by atoms with E-state index in [1.807, 2.05) is 0 Å². The fourth-order valence-electron chi connectivity index (χ4n) is 2.65. The zero-order chi connectivity index (χ0) is 15.1. The van der Waals surface area contributed by atoms with Gasteiger partial charge in [-0.05, 0) is 43.2 Å². The van der Waals surface area contributed by atoms with E-state index < -0.39 is 0 Å². The van der Waals surface area contributed by atoms with Gasteiger partial charge in [0, 0.05) is 26.2 Å². The number of nitrogens with one attached hydrogen (secondary N) is 1. The standard InChI is InChI=1S/C14H24ClN5O/c1-2-5-11(6-9-21)10-16-13-17-12(15)18-14(19-13)20-7-3-4-8-20/h11,21H,2-10H2,1H3,(H,16,17,18,19). The Morgan fingerprint density at radius 1 is 1.24 bits per heavy atom. The Hall–Kier alpha value is -1.14. The van der Waals surface area contributed by atoms with Crippen molar-refractivity contribution in [2.24, 2.45) is 5.92 Å². The number of anilines is 2. The van der Waals surface area contributed by atoms with Crippen molar-refractivity contribution in [2.45, 2.75) is 39.0 Å². The molecule has 1 aromatic heterocycles. The molecule has 7 heteroatoms. The summed E-state index contributed by atoms with van der Waals surface area (Å²) >= 11 is 6.00. The van der Waals surface area contributed by atoms with Gasteiger partial charge in [0.25, 0.3) is 0 Å². The Labute approximate surface area is 131 Å². The molecule has 21 heavy (non-hydrogen) atoms. The van der Waals surface area contributed by atoms with E-state index >= 15 is 0 Å². The van der Waals surface area contributed by atoms with Gasteiger partial charge in [0.1, 0.15) is 0 Å². The Morgan fingerprint density at radius 3 is 2.67 bits per heavy atom. The van der Waals surface area contributed by atoms with Gasteiger partial charge in [0.05, 0.1) is 0 Å². The maximum atomic E-state index is 9.10. The smallest absolute Gasteiger partial charge is 0.231 e. The summed E-state index contributed by atoms with van der Waals surface area (Å²) in [4.78, 5) is 14.9. The molecule has 1 atom stereocenters. The molecule has 1 saturated heterocycles. The van der Waals surface area contributed by atoms with E-state index in [0.717, 1.165) is 38.9 Å². The van der Waals surface area contributed by atoms with Crippen LogP contribution in [0.5, 0.6) is 0 Å². The lowest BCUT2D eigenvalue weighted by molar-refractivity contribution is 0.255. The molecule has 1 aliphatic heterocycles. The average Bonchev–Trinajstić information content (AvgIpc) is 2.99. The lowest BCUT2D eigenvalue weighted by Gasteiger charge is -2.18. The van der Waals surface area contributed by atoms with Crippen LogP contribution in [0.3, 0.4) is 0 Å². The number of nitrogens with zero attached hydrogens (tertiary/aromatic N) is 4. The molecule has 0 aromatic carbocycles. The molecule has 1 fully saturated rings. The maximum Gasteiger partial charge on any atom is 0.231 e. The summed E-state index contributed by atoms with van der Waals surface area (Å²) in [5.41, 5.74) is 0. The first kappa shape index (κ1) is 16.2. The van der Waals surface area contributed by atoms with E-state index in [-0.39, 0.29) is 11.9 Å². The molecule has 1 aliphatic rings. The summed E-state index contributed by atoms with van der Waals surface area (Å²) in [6.07, 6.45) is 5.30. The average molecular weight is 314 g/mol. The molecule has 0 saturated carbocycles. The molecule has 2 rings (SSSR count). The van der Waals surface area contributed by atoms with Gasteiger partial charge < -0.3 is 15.3 Å². The van der Waals surface area contributed by atoms with Crippen molar-refractivity contribution < 1.29 is 5.11 Å². The number of halogens is 1. The second-order valence-corrected chi connectivity index (χ2v) is 5.81. The number of aliphatic hydroxyl groups is 1. The van der Waals surface area contributed by atoms with Gasteiger partial charge >= 0.3 is 0 Å². The van der Waals surface area contributed by atoms with Crippen molar-refractivity contribution in [1.82, 2.24) is 15.0 Å². The quantitative estimate of drug-likeness (QED) is 0.767. The molecule has 1 aromatic rings. The van der Waals surface area contributed by atoms with Crippen molar-refractivity contribution in [3.05, 3.63) is 5.28 Å². The van der Waals surface area contributed by atoms with Crippen LogP contribution in [-0.4, -0.2) is 46.3 Å². The lowest BCUT2D eigenvalue weighted by atomic mass is 10.0. The largest absolute Gasteiger partial charge is 0.396 e. The third-order valence-corrected chi connectivity index (χ3v) is 3.94. The van der Waals surface area contributed by atoms with Gasteiger partial charge in [0.2, 0.25) is 17.2 Å². The van der Waals surface area contributed by atoms with Crippen molar-refractivity contribution in [2.75, 3.05) is 36.5 Å². The van der Waals surface area contributed by atoms with Crippen LogP contribution in [0.4, 0.5) is 11.9 Å². The molecule has 0 spiro atoms. The zero-order valence-corrected chi connectivity index (χ0v) is 13.3. The van der Waals surface area contributed by atoms with Crippen molar-refractivity contribution in [3.63, 3.8) is 0 Å². The zero-order valence-electron chi connectivity index (χ0n) is 12.6. The van der Waals surface area contributed by atoms with Gasteiger partial charge in [-0.15, -0.1) is 0 Å². The van der Waals surface area contributed by atoms with Crippen molar-refractivity contribution >= 4 is 23.5 Å². The Morgan fingerprint density at radius 2 is 2.00 bits per heavy atom. The first-order valence-corrected chi connectivity index (χ1v) is 8.12. The van der Waals surface area contributed by atoms with E-state index in [0.29, 0.717) is 17.8 Å². The fourth-order valence-corrected chi connectivity index (χ4v) is 2.81. The third kappa shape index (κ3) is 4.97. The highest BCUT2D eigenvalue weighted by atomic mass is 35.5. The van der Waals surface area contributed by atoms with Crippen LogP contribution in [-0.2, 0) is 0 Å².